The molecule has 2 heterocycles. The second-order valence-corrected chi connectivity index (χ2v) is 3.20. The smallest absolute Gasteiger partial charge is 0.431 e. The van der Waals surface area contributed by atoms with Crippen molar-refractivity contribution in [2.24, 2.45) is 0 Å². The van der Waals surface area contributed by atoms with Gasteiger partial charge in [0.2, 0.25) is 5.91 Å². The summed E-state index contributed by atoms with van der Waals surface area (Å²) in [6.07, 6.45) is 1.28. The average molecular weight is 183 g/mol. The van der Waals surface area contributed by atoms with E-state index in [9.17, 15) is 9.59 Å². The Balaban J connectivity index is 1.99. The lowest BCUT2D eigenvalue weighted by Gasteiger charge is -2.29. The van der Waals surface area contributed by atoms with E-state index in [1.807, 2.05) is 0 Å². The molecule has 2 rings (SSSR count). The van der Waals surface area contributed by atoms with E-state index < -0.39 is 6.09 Å². The van der Waals surface area contributed by atoms with E-state index in [0.29, 0.717) is 19.4 Å². The van der Waals surface area contributed by atoms with Gasteiger partial charge >= 0.3 is 6.09 Å². The normalized spacial score (nSPS) is 28.6. The minimum atomic E-state index is -0.545. The van der Waals surface area contributed by atoms with Crippen molar-refractivity contribution in [2.45, 2.75) is 25.4 Å². The van der Waals surface area contributed by atoms with Gasteiger partial charge in [-0.15, -0.1) is 0 Å². The first kappa shape index (κ1) is 8.34. The van der Waals surface area contributed by atoms with E-state index >= 15 is 0 Å². The summed E-state index contributed by atoms with van der Waals surface area (Å²) < 4.78 is 4.66. The van der Waals surface area contributed by atoms with Crippen LogP contribution in [-0.4, -0.2) is 36.2 Å². The van der Waals surface area contributed by atoms with E-state index in [1.54, 1.807) is 4.90 Å². The highest BCUT2D eigenvalue weighted by Crippen LogP contribution is 2.17. The van der Waals surface area contributed by atoms with Crippen molar-refractivity contribution in [1.82, 2.24) is 10.2 Å². The van der Waals surface area contributed by atoms with Crippen LogP contribution in [0.4, 0.5) is 4.79 Å². The molecule has 0 aromatic heterocycles. The van der Waals surface area contributed by atoms with Crippen molar-refractivity contribution < 1.29 is 14.3 Å². The minimum absolute atomic E-state index is 0.100. The Bertz CT molecular complexity index is 242. The zero-order chi connectivity index (χ0) is 9.26. The Labute approximate surface area is 76.0 Å². The number of ether oxygens (including phenoxy) is 1. The highest BCUT2D eigenvalue weighted by molar-refractivity contribution is 5.79. The molecule has 0 bridgehead atoms. The molecule has 1 unspecified atom stereocenters. The van der Waals surface area contributed by atoms with Crippen molar-refractivity contribution >= 4 is 12.0 Å². The van der Waals surface area contributed by atoms with Crippen molar-refractivity contribution in [3.63, 3.8) is 0 Å². The number of carbonyl (C=O) groups is 2. The van der Waals surface area contributed by atoms with Crippen molar-refractivity contribution in [3.8, 4) is 0 Å². The van der Waals surface area contributed by atoms with Crippen LogP contribution in [0.3, 0.4) is 0 Å². The van der Waals surface area contributed by atoms with E-state index in [-0.39, 0.29) is 12.1 Å². The second-order valence-electron chi connectivity index (χ2n) is 3.20. The monoisotopic (exact) mass is 183 g/mol. The number of carbonyl (C=O) groups excluding carboxylic acids is 2. The fourth-order valence-electron chi connectivity index (χ4n) is 1.68. The minimum Gasteiger partial charge on any atom is -0.448 e. The Hall–Kier alpha value is -1.26. The lowest BCUT2D eigenvalue weighted by molar-refractivity contribution is -0.130. The van der Waals surface area contributed by atoms with Gasteiger partial charge in [-0.25, -0.2) is 4.79 Å². The first-order chi connectivity index (χ1) is 6.27. The van der Waals surface area contributed by atoms with Crippen LogP contribution >= 0.6 is 0 Å². The van der Waals surface area contributed by atoms with Gasteiger partial charge in [0, 0.05) is 19.4 Å². The number of nitrogens with zero attached hydrogens (tertiary/aromatic N) is 2. The van der Waals surface area contributed by atoms with Gasteiger partial charge in [0.1, 0.15) is 6.17 Å². The van der Waals surface area contributed by atoms with Gasteiger partial charge in [0.15, 0.2) is 0 Å². The maximum Gasteiger partial charge on any atom is 0.431 e. The van der Waals surface area contributed by atoms with Crippen LogP contribution in [0, 0.1) is 0 Å². The number of hydrogen-bond donors (Lipinski definition) is 0. The molecule has 0 aliphatic carbocycles. The maximum atomic E-state index is 11.3. The third-order valence-electron chi connectivity index (χ3n) is 2.33. The lowest BCUT2D eigenvalue weighted by Crippen LogP contribution is -2.48. The molecule has 0 spiro atoms. The van der Waals surface area contributed by atoms with Crippen LogP contribution < -0.4 is 5.32 Å². The molecule has 2 saturated heterocycles. The molecule has 0 aromatic carbocycles. The quantitative estimate of drug-likeness (QED) is 0.578. The molecule has 13 heavy (non-hydrogen) atoms. The van der Waals surface area contributed by atoms with Gasteiger partial charge in [-0.3, -0.25) is 4.79 Å². The molecule has 1 atom stereocenters. The predicted octanol–water partition coefficient (Wildman–Crippen LogP) is 0.0796. The van der Waals surface area contributed by atoms with Gasteiger partial charge in [-0.1, -0.05) is 0 Å². The van der Waals surface area contributed by atoms with Crippen molar-refractivity contribution in [2.75, 3.05) is 13.2 Å². The van der Waals surface area contributed by atoms with Crippen LogP contribution in [0.2, 0.25) is 0 Å². The summed E-state index contributed by atoms with van der Waals surface area (Å²) in [4.78, 5) is 23.8. The summed E-state index contributed by atoms with van der Waals surface area (Å²) in [6, 6.07) is 0. The fourth-order valence-corrected chi connectivity index (χ4v) is 1.68. The molecule has 2 fully saturated rings. The summed E-state index contributed by atoms with van der Waals surface area (Å²) in [7, 11) is 0. The van der Waals surface area contributed by atoms with E-state index in [4.69, 9.17) is 0 Å². The number of cyclic esters (lactones) is 1. The molecule has 0 saturated carbocycles. The second kappa shape index (κ2) is 3.24. The van der Waals surface area contributed by atoms with Gasteiger partial charge in [0.05, 0.1) is 6.61 Å². The Morgan fingerprint density at radius 3 is 2.92 bits per heavy atom. The Morgan fingerprint density at radius 2 is 2.31 bits per heavy atom. The van der Waals surface area contributed by atoms with Crippen LogP contribution in [0.15, 0.2) is 0 Å². The first-order valence-corrected chi connectivity index (χ1v) is 4.44. The molecule has 0 aromatic rings. The topological polar surface area (TPSA) is 60.7 Å². The third kappa shape index (κ3) is 1.59. The summed E-state index contributed by atoms with van der Waals surface area (Å²) in [5, 5.41) is 3.76. The van der Waals surface area contributed by atoms with Crippen molar-refractivity contribution in [1.29, 1.82) is 0 Å². The number of likely N-dealkylation sites (tertiary alicyclic amines) is 1. The Morgan fingerprint density at radius 1 is 1.46 bits per heavy atom. The van der Waals surface area contributed by atoms with Gasteiger partial charge in [-0.05, 0) is 6.42 Å². The van der Waals surface area contributed by atoms with Crippen LogP contribution in [0.5, 0.6) is 0 Å². The molecule has 2 aliphatic heterocycles. The molecule has 2 aliphatic rings. The molecule has 2 amide bonds. The van der Waals surface area contributed by atoms with E-state index in [0.717, 1.165) is 13.0 Å². The lowest BCUT2D eigenvalue weighted by atomic mass is 10.3. The highest BCUT2D eigenvalue weighted by atomic mass is 16.6. The fraction of sp³-hybridized carbons (Fsp3) is 0.750. The summed E-state index contributed by atoms with van der Waals surface area (Å²) >= 11 is 0. The van der Waals surface area contributed by atoms with Crippen molar-refractivity contribution in [3.05, 3.63) is 0 Å². The summed E-state index contributed by atoms with van der Waals surface area (Å²) in [5.41, 5.74) is 0. The number of rotatable bonds is 1. The SMILES string of the molecule is O=C1[N]C(N2CCCC2=O)CCO1. The van der Waals surface area contributed by atoms with Crippen LogP contribution in [-0.2, 0) is 9.53 Å². The van der Waals surface area contributed by atoms with Gasteiger partial charge in [0.25, 0.3) is 0 Å². The predicted molar refractivity (Wildman–Crippen MR) is 42.8 cm³/mol. The zero-order valence-electron chi connectivity index (χ0n) is 7.23. The molecular formula is C8H11N2O3. The van der Waals surface area contributed by atoms with Crippen LogP contribution in [0.1, 0.15) is 19.3 Å². The largest absolute Gasteiger partial charge is 0.448 e. The average Bonchev–Trinajstić information content (AvgIpc) is 2.51. The number of hydrogen-bond acceptors (Lipinski definition) is 3. The zero-order valence-corrected chi connectivity index (χ0v) is 7.23. The summed E-state index contributed by atoms with van der Waals surface area (Å²) in [5.74, 6) is 0.100. The third-order valence-corrected chi connectivity index (χ3v) is 2.33. The molecule has 5 heteroatoms. The maximum absolute atomic E-state index is 11.3. The van der Waals surface area contributed by atoms with Crippen LogP contribution in [0.25, 0.3) is 0 Å². The van der Waals surface area contributed by atoms with Gasteiger partial charge in [-0.2, -0.15) is 5.32 Å². The summed E-state index contributed by atoms with van der Waals surface area (Å²) in [6.45, 7) is 1.09. The Kier molecular flexibility index (Phi) is 2.08. The number of amides is 2. The molecule has 1 radical (unpaired) electrons. The van der Waals surface area contributed by atoms with E-state index in [2.05, 4.69) is 10.1 Å². The van der Waals surface area contributed by atoms with E-state index in [1.165, 1.54) is 0 Å². The van der Waals surface area contributed by atoms with Gasteiger partial charge < -0.3 is 9.64 Å². The molecule has 5 nitrogen and oxygen atoms in total. The first-order valence-electron chi connectivity index (χ1n) is 4.44. The highest BCUT2D eigenvalue weighted by Gasteiger charge is 2.32. The molecule has 0 N–H and O–H groups in total. The molecule has 71 valence electrons. The standard InChI is InChI=1S/C8H11N2O3/c11-7-2-1-4-10(7)6-3-5-13-8(12)9-6/h6H,1-5H2. The molecular weight excluding hydrogens is 172 g/mol.